The third-order valence-electron chi connectivity index (χ3n) is 4.94. The molecule has 0 aromatic heterocycles. The van der Waals surface area contributed by atoms with Gasteiger partial charge in [0.05, 0.1) is 16.8 Å². The fraction of sp³-hybridized carbons (Fsp3) is 0.167. The number of halogens is 1. The van der Waals surface area contributed by atoms with Gasteiger partial charge in [-0.05, 0) is 54.4 Å². The Morgan fingerprint density at radius 2 is 1.67 bits per heavy atom. The van der Waals surface area contributed by atoms with Gasteiger partial charge in [-0.2, -0.15) is 5.10 Å². The number of hydrogen-bond donors (Lipinski definition) is 1. The zero-order valence-electron chi connectivity index (χ0n) is 18.6. The maximum absolute atomic E-state index is 13.4. The van der Waals surface area contributed by atoms with E-state index in [1.54, 1.807) is 43.3 Å². The average molecular weight is 485 g/mol. The van der Waals surface area contributed by atoms with Crippen LogP contribution in [0.2, 0.25) is 5.02 Å². The van der Waals surface area contributed by atoms with Crippen LogP contribution in [0.15, 0.2) is 82.8 Å². The fourth-order valence-corrected chi connectivity index (χ4v) is 4.76. The molecule has 1 N–H and O–H groups in total. The molecule has 9 heteroatoms. The van der Waals surface area contributed by atoms with Crippen LogP contribution in [0.25, 0.3) is 0 Å². The minimum Gasteiger partial charge on any atom is -0.378 e. The lowest BCUT2D eigenvalue weighted by Crippen LogP contribution is -2.40. The number of carbonyl (C=O) groups excluding carboxylic acids is 1. The zero-order valence-corrected chi connectivity index (χ0v) is 20.1. The second-order valence-corrected chi connectivity index (χ2v) is 9.76. The number of sulfonamides is 1. The molecule has 0 radical (unpaired) electrons. The number of hydrogen-bond acceptors (Lipinski definition) is 5. The first-order chi connectivity index (χ1) is 15.7. The van der Waals surface area contributed by atoms with E-state index in [0.29, 0.717) is 16.3 Å². The van der Waals surface area contributed by atoms with Gasteiger partial charge in [-0.3, -0.25) is 9.10 Å². The van der Waals surface area contributed by atoms with E-state index in [0.717, 1.165) is 15.6 Å². The Balaban J connectivity index is 1.83. The number of amides is 1. The lowest BCUT2D eigenvalue weighted by molar-refractivity contribution is -0.119. The third kappa shape index (κ3) is 5.91. The number of nitrogens with zero attached hydrogens (tertiary/aromatic N) is 3. The van der Waals surface area contributed by atoms with Gasteiger partial charge in [0, 0.05) is 24.8 Å². The summed E-state index contributed by atoms with van der Waals surface area (Å²) in [6, 6.07) is 20.5. The molecule has 0 spiro atoms. The highest BCUT2D eigenvalue weighted by Crippen LogP contribution is 2.30. The van der Waals surface area contributed by atoms with Gasteiger partial charge in [0.1, 0.15) is 6.54 Å². The molecular weight excluding hydrogens is 460 g/mol. The van der Waals surface area contributed by atoms with E-state index in [4.69, 9.17) is 11.6 Å². The standard InChI is InChI=1S/C24H25ClN4O3S/c1-18-22(25)10-7-11-23(18)29(33(31,32)21-8-5-4-6-9-21)17-24(30)27-26-16-19-12-14-20(15-13-19)28(2)3/h4-16H,17H2,1-3H3,(H,27,30)/b26-16-. The predicted molar refractivity (Wildman–Crippen MR) is 134 cm³/mol. The highest BCUT2D eigenvalue weighted by Gasteiger charge is 2.28. The van der Waals surface area contributed by atoms with Crippen LogP contribution >= 0.6 is 11.6 Å². The van der Waals surface area contributed by atoms with Crippen LogP contribution in [0.4, 0.5) is 11.4 Å². The molecule has 0 saturated heterocycles. The van der Waals surface area contributed by atoms with Gasteiger partial charge in [0.15, 0.2) is 0 Å². The first-order valence-corrected chi connectivity index (χ1v) is 11.9. The second kappa shape index (κ2) is 10.5. The molecular formula is C24H25ClN4O3S. The van der Waals surface area contributed by atoms with Crippen LogP contribution in [-0.2, 0) is 14.8 Å². The van der Waals surface area contributed by atoms with Crippen molar-refractivity contribution in [3.8, 4) is 0 Å². The van der Waals surface area contributed by atoms with E-state index in [2.05, 4.69) is 10.5 Å². The Kier molecular flexibility index (Phi) is 7.73. The van der Waals surface area contributed by atoms with Crippen molar-refractivity contribution in [3.63, 3.8) is 0 Å². The summed E-state index contributed by atoms with van der Waals surface area (Å²) in [6.07, 6.45) is 1.50. The predicted octanol–water partition coefficient (Wildman–Crippen LogP) is 4.06. The summed E-state index contributed by atoms with van der Waals surface area (Å²) in [5.74, 6) is -0.588. The first-order valence-electron chi connectivity index (χ1n) is 10.1. The van der Waals surface area contributed by atoms with E-state index in [1.165, 1.54) is 18.3 Å². The largest absolute Gasteiger partial charge is 0.378 e. The van der Waals surface area contributed by atoms with Gasteiger partial charge in [0.25, 0.3) is 15.9 Å². The fourth-order valence-electron chi connectivity index (χ4n) is 3.09. The molecule has 0 heterocycles. The molecule has 3 aromatic rings. The summed E-state index contributed by atoms with van der Waals surface area (Å²) in [4.78, 5) is 14.7. The van der Waals surface area contributed by atoms with Gasteiger partial charge in [-0.1, -0.05) is 48.0 Å². The van der Waals surface area contributed by atoms with Crippen molar-refractivity contribution in [2.24, 2.45) is 5.10 Å². The molecule has 0 aliphatic carbocycles. The molecule has 33 heavy (non-hydrogen) atoms. The number of anilines is 2. The Morgan fingerprint density at radius 1 is 1.00 bits per heavy atom. The maximum Gasteiger partial charge on any atom is 0.264 e. The van der Waals surface area contributed by atoms with Crippen molar-refractivity contribution >= 4 is 45.1 Å². The summed E-state index contributed by atoms with van der Waals surface area (Å²) < 4.78 is 27.8. The van der Waals surface area contributed by atoms with Crippen LogP contribution in [-0.4, -0.2) is 41.2 Å². The highest BCUT2D eigenvalue weighted by atomic mass is 35.5. The summed E-state index contributed by atoms with van der Waals surface area (Å²) in [7, 11) is -0.132. The second-order valence-electron chi connectivity index (χ2n) is 7.49. The van der Waals surface area contributed by atoms with Gasteiger partial charge >= 0.3 is 0 Å². The lowest BCUT2D eigenvalue weighted by atomic mass is 10.2. The number of nitrogens with one attached hydrogen (secondary N) is 1. The van der Waals surface area contributed by atoms with Crippen molar-refractivity contribution in [2.75, 3.05) is 29.8 Å². The molecule has 0 aliphatic rings. The van der Waals surface area contributed by atoms with Crippen molar-refractivity contribution in [1.29, 1.82) is 0 Å². The Morgan fingerprint density at radius 3 is 2.30 bits per heavy atom. The summed E-state index contributed by atoms with van der Waals surface area (Å²) >= 11 is 6.22. The van der Waals surface area contributed by atoms with Crippen molar-refractivity contribution < 1.29 is 13.2 Å². The van der Waals surface area contributed by atoms with Gasteiger partial charge in [-0.15, -0.1) is 0 Å². The van der Waals surface area contributed by atoms with Crippen molar-refractivity contribution in [3.05, 3.63) is 88.9 Å². The molecule has 7 nitrogen and oxygen atoms in total. The Hall–Kier alpha value is -3.36. The number of benzene rings is 3. The summed E-state index contributed by atoms with van der Waals surface area (Å²) in [5.41, 5.74) is 5.11. The smallest absolute Gasteiger partial charge is 0.264 e. The highest BCUT2D eigenvalue weighted by molar-refractivity contribution is 7.92. The molecule has 0 unspecified atom stereocenters. The van der Waals surface area contributed by atoms with Gasteiger partial charge < -0.3 is 4.90 Å². The zero-order chi connectivity index (χ0) is 24.0. The quantitative estimate of drug-likeness (QED) is 0.386. The average Bonchev–Trinajstić information content (AvgIpc) is 2.80. The van der Waals surface area contributed by atoms with E-state index in [1.807, 2.05) is 43.3 Å². The van der Waals surface area contributed by atoms with E-state index < -0.39 is 22.5 Å². The molecule has 172 valence electrons. The van der Waals surface area contributed by atoms with E-state index in [-0.39, 0.29) is 4.90 Å². The first kappa shape index (κ1) is 24.3. The SMILES string of the molecule is Cc1c(Cl)cccc1N(CC(=O)N/N=C\c1ccc(N(C)C)cc1)S(=O)(=O)c1ccccc1. The normalized spacial score (nSPS) is 11.4. The number of carbonyl (C=O) groups is 1. The monoisotopic (exact) mass is 484 g/mol. The van der Waals surface area contributed by atoms with Crippen LogP contribution in [0.3, 0.4) is 0 Å². The Labute approximate surface area is 199 Å². The van der Waals surface area contributed by atoms with Crippen molar-refractivity contribution in [1.82, 2.24) is 5.43 Å². The van der Waals surface area contributed by atoms with Crippen molar-refractivity contribution in [2.45, 2.75) is 11.8 Å². The lowest BCUT2D eigenvalue weighted by Gasteiger charge is -2.25. The van der Waals surface area contributed by atoms with E-state index >= 15 is 0 Å². The molecule has 1 amide bonds. The summed E-state index contributed by atoms with van der Waals surface area (Å²) in [5, 5.41) is 4.37. The number of rotatable bonds is 8. The minimum absolute atomic E-state index is 0.0710. The Bertz CT molecular complexity index is 1240. The molecule has 0 bridgehead atoms. The van der Waals surface area contributed by atoms with Gasteiger partial charge in [-0.25, -0.2) is 13.8 Å². The molecule has 0 fully saturated rings. The topological polar surface area (TPSA) is 82.1 Å². The van der Waals surface area contributed by atoms with E-state index in [9.17, 15) is 13.2 Å². The molecule has 0 saturated carbocycles. The van der Waals surface area contributed by atoms with Crippen LogP contribution in [0.5, 0.6) is 0 Å². The molecule has 3 aromatic carbocycles. The van der Waals surface area contributed by atoms with Crippen LogP contribution < -0.4 is 14.6 Å². The molecule has 0 aliphatic heterocycles. The maximum atomic E-state index is 13.4. The molecule has 0 atom stereocenters. The van der Waals surface area contributed by atoms with Gasteiger partial charge in [0.2, 0.25) is 0 Å². The third-order valence-corrected chi connectivity index (χ3v) is 7.12. The number of hydrazone groups is 1. The van der Waals surface area contributed by atoms with Crippen LogP contribution in [0.1, 0.15) is 11.1 Å². The molecule has 3 rings (SSSR count). The summed E-state index contributed by atoms with van der Waals surface area (Å²) in [6.45, 7) is 1.24. The van der Waals surface area contributed by atoms with Crippen LogP contribution in [0, 0.1) is 6.92 Å². The minimum atomic E-state index is -4.02.